The second kappa shape index (κ2) is 5.49. The van der Waals surface area contributed by atoms with Crippen LogP contribution in [0.1, 0.15) is 24.8 Å². The van der Waals surface area contributed by atoms with Crippen LogP contribution in [0.3, 0.4) is 0 Å². The second-order valence-electron chi connectivity index (χ2n) is 5.39. The molecule has 104 valence electrons. The molecule has 0 atom stereocenters. The van der Waals surface area contributed by atoms with Gasteiger partial charge in [0.05, 0.1) is 5.69 Å². The molecule has 1 aliphatic rings. The molecule has 1 aliphatic heterocycles. The number of nitrogen functional groups attached to an aromatic ring is 1. The number of hydrogen-bond acceptors (Lipinski definition) is 4. The summed E-state index contributed by atoms with van der Waals surface area (Å²) in [6, 6.07) is 10.2. The van der Waals surface area contributed by atoms with Crippen molar-refractivity contribution in [3.05, 3.63) is 35.9 Å². The van der Waals surface area contributed by atoms with Crippen LogP contribution in [-0.4, -0.2) is 23.1 Å². The summed E-state index contributed by atoms with van der Waals surface area (Å²) in [5, 5.41) is 0. The van der Waals surface area contributed by atoms with Crippen molar-refractivity contribution in [1.29, 1.82) is 0 Å². The second-order valence-corrected chi connectivity index (χ2v) is 5.39. The Bertz CT molecular complexity index is 586. The van der Waals surface area contributed by atoms with E-state index in [1.165, 1.54) is 24.8 Å². The number of nitrogens with zero attached hydrogens (tertiary/aromatic N) is 3. The fourth-order valence-electron chi connectivity index (χ4n) is 2.56. The van der Waals surface area contributed by atoms with Gasteiger partial charge in [0.15, 0.2) is 0 Å². The Kier molecular flexibility index (Phi) is 3.54. The molecule has 1 aromatic heterocycles. The molecule has 20 heavy (non-hydrogen) atoms. The molecule has 0 spiro atoms. The van der Waals surface area contributed by atoms with E-state index in [1.54, 1.807) is 0 Å². The van der Waals surface area contributed by atoms with Crippen molar-refractivity contribution in [2.45, 2.75) is 26.2 Å². The minimum absolute atomic E-state index is 0.538. The molecular formula is C16H20N4. The zero-order valence-corrected chi connectivity index (χ0v) is 11.8. The standard InChI is InChI=1S/C16H20N4/c1-12-5-7-13(8-6-12)14-11-15(17)19-16(18-14)20-9-3-2-4-10-20/h5-8,11H,2-4,9-10H2,1H3,(H2,17,18,19). The number of anilines is 2. The summed E-state index contributed by atoms with van der Waals surface area (Å²) in [6.07, 6.45) is 3.71. The molecule has 0 aliphatic carbocycles. The summed E-state index contributed by atoms with van der Waals surface area (Å²) < 4.78 is 0. The number of aromatic nitrogens is 2. The minimum atomic E-state index is 0.538. The van der Waals surface area contributed by atoms with Gasteiger partial charge in [-0.1, -0.05) is 29.8 Å². The highest BCUT2D eigenvalue weighted by molar-refractivity contribution is 5.64. The van der Waals surface area contributed by atoms with Crippen LogP contribution in [-0.2, 0) is 0 Å². The van der Waals surface area contributed by atoms with Gasteiger partial charge in [-0.2, -0.15) is 4.98 Å². The maximum Gasteiger partial charge on any atom is 0.227 e. The highest BCUT2D eigenvalue weighted by atomic mass is 15.3. The summed E-state index contributed by atoms with van der Waals surface area (Å²) >= 11 is 0. The van der Waals surface area contributed by atoms with Gasteiger partial charge in [-0.3, -0.25) is 0 Å². The fourth-order valence-corrected chi connectivity index (χ4v) is 2.56. The topological polar surface area (TPSA) is 55.0 Å². The van der Waals surface area contributed by atoms with Gasteiger partial charge in [0, 0.05) is 24.7 Å². The third-order valence-electron chi connectivity index (χ3n) is 3.72. The van der Waals surface area contributed by atoms with E-state index in [2.05, 4.69) is 41.1 Å². The van der Waals surface area contributed by atoms with Gasteiger partial charge < -0.3 is 10.6 Å². The Morgan fingerprint density at radius 3 is 2.40 bits per heavy atom. The highest BCUT2D eigenvalue weighted by Crippen LogP contribution is 2.23. The summed E-state index contributed by atoms with van der Waals surface area (Å²) in [7, 11) is 0. The normalized spacial score (nSPS) is 15.3. The van der Waals surface area contributed by atoms with Crippen molar-refractivity contribution in [2.24, 2.45) is 0 Å². The van der Waals surface area contributed by atoms with Crippen molar-refractivity contribution in [1.82, 2.24) is 9.97 Å². The van der Waals surface area contributed by atoms with Crippen LogP contribution in [0.25, 0.3) is 11.3 Å². The SMILES string of the molecule is Cc1ccc(-c2cc(N)nc(N3CCCCC3)n2)cc1. The summed E-state index contributed by atoms with van der Waals surface area (Å²) in [4.78, 5) is 11.3. The number of benzene rings is 1. The first-order valence-electron chi connectivity index (χ1n) is 7.19. The smallest absolute Gasteiger partial charge is 0.227 e. The lowest BCUT2D eigenvalue weighted by molar-refractivity contribution is 0.568. The molecule has 4 nitrogen and oxygen atoms in total. The van der Waals surface area contributed by atoms with Crippen LogP contribution in [0.2, 0.25) is 0 Å². The predicted molar refractivity (Wildman–Crippen MR) is 82.7 cm³/mol. The Balaban J connectivity index is 1.95. The van der Waals surface area contributed by atoms with Gasteiger partial charge in [-0.15, -0.1) is 0 Å². The van der Waals surface area contributed by atoms with Crippen LogP contribution < -0.4 is 10.6 Å². The molecule has 3 rings (SSSR count). The number of rotatable bonds is 2. The average Bonchev–Trinajstić information content (AvgIpc) is 2.48. The van der Waals surface area contributed by atoms with Crippen molar-refractivity contribution >= 4 is 11.8 Å². The van der Waals surface area contributed by atoms with E-state index in [-0.39, 0.29) is 0 Å². The molecule has 0 bridgehead atoms. The predicted octanol–water partition coefficient (Wildman–Crippen LogP) is 3.02. The van der Waals surface area contributed by atoms with E-state index in [0.29, 0.717) is 5.82 Å². The molecule has 1 saturated heterocycles. The van der Waals surface area contributed by atoms with Crippen molar-refractivity contribution in [3.63, 3.8) is 0 Å². The molecule has 0 saturated carbocycles. The van der Waals surface area contributed by atoms with Gasteiger partial charge in [-0.25, -0.2) is 4.98 Å². The van der Waals surface area contributed by atoms with E-state index in [4.69, 9.17) is 10.7 Å². The zero-order chi connectivity index (χ0) is 13.9. The van der Waals surface area contributed by atoms with E-state index in [1.807, 2.05) is 6.07 Å². The van der Waals surface area contributed by atoms with Gasteiger partial charge >= 0.3 is 0 Å². The largest absolute Gasteiger partial charge is 0.384 e. The van der Waals surface area contributed by atoms with Crippen molar-refractivity contribution < 1.29 is 0 Å². The Morgan fingerprint density at radius 2 is 1.70 bits per heavy atom. The van der Waals surface area contributed by atoms with Gasteiger partial charge in [0.2, 0.25) is 5.95 Å². The Hall–Kier alpha value is -2.10. The monoisotopic (exact) mass is 268 g/mol. The molecule has 0 unspecified atom stereocenters. The quantitative estimate of drug-likeness (QED) is 0.909. The minimum Gasteiger partial charge on any atom is -0.384 e. The molecule has 0 amide bonds. The van der Waals surface area contributed by atoms with E-state index in [9.17, 15) is 0 Å². The molecule has 1 aromatic carbocycles. The molecule has 2 N–H and O–H groups in total. The lowest BCUT2D eigenvalue weighted by atomic mass is 10.1. The van der Waals surface area contributed by atoms with Crippen LogP contribution in [0.15, 0.2) is 30.3 Å². The van der Waals surface area contributed by atoms with Gasteiger partial charge in [-0.05, 0) is 26.2 Å². The number of piperidine rings is 1. The average molecular weight is 268 g/mol. The highest BCUT2D eigenvalue weighted by Gasteiger charge is 2.15. The number of hydrogen-bond donors (Lipinski definition) is 1. The molecule has 2 heterocycles. The van der Waals surface area contributed by atoms with Crippen LogP contribution in [0, 0.1) is 6.92 Å². The Morgan fingerprint density at radius 1 is 1.00 bits per heavy atom. The van der Waals surface area contributed by atoms with Crippen molar-refractivity contribution in [3.8, 4) is 11.3 Å². The summed E-state index contributed by atoms with van der Waals surface area (Å²) in [5.41, 5.74) is 9.19. The van der Waals surface area contributed by atoms with E-state index in [0.717, 1.165) is 30.3 Å². The molecular weight excluding hydrogens is 248 g/mol. The maximum atomic E-state index is 5.96. The van der Waals surface area contributed by atoms with E-state index >= 15 is 0 Å². The third-order valence-corrected chi connectivity index (χ3v) is 3.72. The molecule has 2 aromatic rings. The molecule has 4 heteroatoms. The van der Waals surface area contributed by atoms with Crippen LogP contribution in [0.5, 0.6) is 0 Å². The lowest BCUT2D eigenvalue weighted by Crippen LogP contribution is -2.31. The summed E-state index contributed by atoms with van der Waals surface area (Å²) in [5.74, 6) is 1.30. The van der Waals surface area contributed by atoms with Crippen LogP contribution >= 0.6 is 0 Å². The first-order chi connectivity index (χ1) is 9.72. The first kappa shape index (κ1) is 12.9. The fraction of sp³-hybridized carbons (Fsp3) is 0.375. The Labute approximate surface area is 119 Å². The first-order valence-corrected chi connectivity index (χ1v) is 7.19. The third kappa shape index (κ3) is 2.74. The lowest BCUT2D eigenvalue weighted by Gasteiger charge is -2.27. The molecule has 0 radical (unpaired) electrons. The van der Waals surface area contributed by atoms with Crippen molar-refractivity contribution in [2.75, 3.05) is 23.7 Å². The van der Waals surface area contributed by atoms with Gasteiger partial charge in [0.25, 0.3) is 0 Å². The molecule has 1 fully saturated rings. The summed E-state index contributed by atoms with van der Waals surface area (Å²) in [6.45, 7) is 4.13. The number of aryl methyl sites for hydroxylation is 1. The zero-order valence-electron chi connectivity index (χ0n) is 11.8. The van der Waals surface area contributed by atoms with E-state index < -0.39 is 0 Å². The van der Waals surface area contributed by atoms with Crippen LogP contribution in [0.4, 0.5) is 11.8 Å². The van der Waals surface area contributed by atoms with Gasteiger partial charge in [0.1, 0.15) is 5.82 Å². The number of nitrogens with two attached hydrogens (primary N) is 1. The maximum absolute atomic E-state index is 5.96.